The fourth-order valence-corrected chi connectivity index (χ4v) is 6.33. The summed E-state index contributed by atoms with van der Waals surface area (Å²) in [7, 11) is -3.72. The number of rotatable bonds is 9. The first-order valence-corrected chi connectivity index (χ1v) is 14.6. The van der Waals surface area contributed by atoms with Gasteiger partial charge in [-0.05, 0) is 60.0 Å². The van der Waals surface area contributed by atoms with Crippen LogP contribution in [0.2, 0.25) is 5.15 Å². The maximum absolute atomic E-state index is 13.5. The van der Waals surface area contributed by atoms with Crippen LogP contribution in [0.25, 0.3) is 11.3 Å². The van der Waals surface area contributed by atoms with Crippen LogP contribution in [0.5, 0.6) is 0 Å². The van der Waals surface area contributed by atoms with Gasteiger partial charge in [-0.1, -0.05) is 78.3 Å². The minimum Gasteiger partial charge on any atom is -0.459 e. The van der Waals surface area contributed by atoms with E-state index < -0.39 is 9.84 Å². The molecule has 2 heterocycles. The summed E-state index contributed by atoms with van der Waals surface area (Å²) in [6, 6.07) is 30.4. The second-order valence-corrected chi connectivity index (χ2v) is 11.6. The summed E-state index contributed by atoms with van der Waals surface area (Å²) in [5.74, 6) is -0.387. The van der Waals surface area contributed by atoms with Gasteiger partial charge in [0.1, 0.15) is 18.3 Å². The SMILES string of the molecule is Cc1c(Cc2ccccc2S(=O)(=O)c2ccccc2)cc(-c2ccnc(Cl)c2)n1CC(=O)OCc1ccccc1. The number of nitrogens with zero attached hydrogens (tertiary/aromatic N) is 2. The fourth-order valence-electron chi connectivity index (χ4n) is 4.64. The molecule has 0 saturated heterocycles. The summed E-state index contributed by atoms with van der Waals surface area (Å²) in [4.78, 5) is 17.5. The molecular weight excluding hydrogens is 544 g/mol. The van der Waals surface area contributed by atoms with Crippen molar-refractivity contribution >= 4 is 27.4 Å². The zero-order chi connectivity index (χ0) is 28.1. The van der Waals surface area contributed by atoms with E-state index in [1.54, 1.807) is 54.7 Å². The average molecular weight is 571 g/mol. The number of sulfone groups is 1. The molecule has 40 heavy (non-hydrogen) atoms. The zero-order valence-corrected chi connectivity index (χ0v) is 23.4. The number of esters is 1. The standard InChI is InChI=1S/C32H27ClN2O4S/c1-23-27(18-26-12-8-9-15-30(26)40(37,38)28-13-6-3-7-14-28)19-29(25-16-17-34-31(33)20-25)35(23)21-32(36)39-22-24-10-4-2-5-11-24/h2-17,19-20H,18,21-22H2,1H3. The molecule has 6 nitrogen and oxygen atoms in total. The maximum Gasteiger partial charge on any atom is 0.326 e. The molecule has 0 unspecified atom stereocenters. The third kappa shape index (κ3) is 6.01. The van der Waals surface area contributed by atoms with E-state index in [-0.39, 0.29) is 28.9 Å². The van der Waals surface area contributed by atoms with Gasteiger partial charge >= 0.3 is 5.97 Å². The number of carbonyl (C=O) groups excluding carboxylic acids is 1. The number of hydrogen-bond donors (Lipinski definition) is 0. The number of carbonyl (C=O) groups is 1. The van der Waals surface area contributed by atoms with Gasteiger partial charge in [0.25, 0.3) is 0 Å². The van der Waals surface area contributed by atoms with Gasteiger partial charge in [0.05, 0.1) is 9.79 Å². The van der Waals surface area contributed by atoms with Gasteiger partial charge in [0.2, 0.25) is 9.84 Å². The van der Waals surface area contributed by atoms with Gasteiger partial charge in [0.15, 0.2) is 0 Å². The van der Waals surface area contributed by atoms with Crippen molar-refractivity contribution in [3.63, 3.8) is 0 Å². The number of aromatic nitrogens is 2. The highest BCUT2D eigenvalue weighted by Gasteiger charge is 2.23. The van der Waals surface area contributed by atoms with E-state index in [0.29, 0.717) is 17.1 Å². The molecular formula is C32H27ClN2O4S. The van der Waals surface area contributed by atoms with Crippen molar-refractivity contribution in [2.24, 2.45) is 0 Å². The molecule has 2 aromatic heterocycles. The van der Waals surface area contributed by atoms with Crippen LogP contribution in [0.1, 0.15) is 22.4 Å². The predicted octanol–water partition coefficient (Wildman–Crippen LogP) is 6.68. The lowest BCUT2D eigenvalue weighted by molar-refractivity contribution is -0.145. The molecule has 0 aliphatic rings. The fraction of sp³-hybridized carbons (Fsp3) is 0.125. The van der Waals surface area contributed by atoms with E-state index in [0.717, 1.165) is 28.1 Å². The van der Waals surface area contributed by atoms with Crippen LogP contribution < -0.4 is 0 Å². The van der Waals surface area contributed by atoms with Gasteiger partial charge < -0.3 is 9.30 Å². The van der Waals surface area contributed by atoms with Crippen molar-refractivity contribution in [3.8, 4) is 11.3 Å². The van der Waals surface area contributed by atoms with E-state index in [1.165, 1.54) is 0 Å². The first-order valence-electron chi connectivity index (χ1n) is 12.7. The maximum atomic E-state index is 13.5. The topological polar surface area (TPSA) is 78.3 Å². The van der Waals surface area contributed by atoms with E-state index >= 15 is 0 Å². The highest BCUT2D eigenvalue weighted by Crippen LogP contribution is 2.31. The molecule has 0 aliphatic heterocycles. The summed E-state index contributed by atoms with van der Waals surface area (Å²) in [6.45, 7) is 2.08. The largest absolute Gasteiger partial charge is 0.459 e. The van der Waals surface area contributed by atoms with Crippen LogP contribution in [-0.2, 0) is 38.9 Å². The van der Waals surface area contributed by atoms with Crippen molar-refractivity contribution < 1.29 is 17.9 Å². The minimum atomic E-state index is -3.72. The Hall–Kier alpha value is -4.20. The van der Waals surface area contributed by atoms with Crippen molar-refractivity contribution in [1.29, 1.82) is 0 Å². The molecule has 5 aromatic rings. The van der Waals surface area contributed by atoms with Crippen LogP contribution >= 0.6 is 11.6 Å². The molecule has 0 radical (unpaired) electrons. The molecule has 0 aliphatic carbocycles. The van der Waals surface area contributed by atoms with E-state index in [9.17, 15) is 13.2 Å². The molecule has 0 fully saturated rings. The van der Waals surface area contributed by atoms with Crippen LogP contribution in [0.4, 0.5) is 0 Å². The number of hydrogen-bond acceptors (Lipinski definition) is 5. The molecule has 8 heteroatoms. The Kier molecular flexibility index (Phi) is 8.14. The summed E-state index contributed by atoms with van der Waals surface area (Å²) >= 11 is 6.20. The number of pyridine rings is 1. The van der Waals surface area contributed by atoms with Gasteiger partial charge in [-0.15, -0.1) is 0 Å². The molecule has 0 spiro atoms. The summed E-state index contributed by atoms with van der Waals surface area (Å²) in [5.41, 5.74) is 4.82. The van der Waals surface area contributed by atoms with Gasteiger partial charge in [-0.3, -0.25) is 4.79 Å². The van der Waals surface area contributed by atoms with Crippen molar-refractivity contribution in [3.05, 3.63) is 137 Å². The second kappa shape index (κ2) is 11.9. The lowest BCUT2D eigenvalue weighted by Gasteiger charge is -2.13. The lowest BCUT2D eigenvalue weighted by Crippen LogP contribution is -2.15. The Morgan fingerprint density at radius 2 is 1.55 bits per heavy atom. The third-order valence-corrected chi connectivity index (χ3v) is 8.80. The van der Waals surface area contributed by atoms with Crippen LogP contribution in [0.15, 0.2) is 119 Å². The van der Waals surface area contributed by atoms with Gasteiger partial charge in [-0.2, -0.15) is 0 Å². The van der Waals surface area contributed by atoms with Crippen molar-refractivity contribution in [2.45, 2.75) is 36.3 Å². The Labute approximate surface area is 238 Å². The van der Waals surface area contributed by atoms with Crippen LogP contribution in [0.3, 0.4) is 0 Å². The molecule has 0 bridgehead atoms. The average Bonchev–Trinajstić information content (AvgIpc) is 3.27. The van der Waals surface area contributed by atoms with Crippen LogP contribution in [-0.4, -0.2) is 23.9 Å². The highest BCUT2D eigenvalue weighted by molar-refractivity contribution is 7.91. The first-order chi connectivity index (χ1) is 19.3. The van der Waals surface area contributed by atoms with Crippen molar-refractivity contribution in [1.82, 2.24) is 9.55 Å². The summed E-state index contributed by atoms with van der Waals surface area (Å²) < 4.78 is 34.5. The molecule has 0 amide bonds. The predicted molar refractivity (Wildman–Crippen MR) is 155 cm³/mol. The Balaban J connectivity index is 1.50. The van der Waals surface area contributed by atoms with Crippen LogP contribution in [0, 0.1) is 6.92 Å². The van der Waals surface area contributed by atoms with E-state index in [1.807, 2.05) is 66.1 Å². The molecule has 0 N–H and O–H groups in total. The molecule has 0 saturated carbocycles. The van der Waals surface area contributed by atoms with E-state index in [4.69, 9.17) is 16.3 Å². The Bertz CT molecular complexity index is 1750. The first kappa shape index (κ1) is 27.4. The van der Waals surface area contributed by atoms with Gasteiger partial charge in [0, 0.05) is 29.6 Å². The molecule has 5 rings (SSSR count). The molecule has 0 atom stereocenters. The Morgan fingerprint density at radius 3 is 2.27 bits per heavy atom. The zero-order valence-electron chi connectivity index (χ0n) is 21.8. The number of ether oxygens (including phenoxy) is 1. The van der Waals surface area contributed by atoms with Crippen molar-refractivity contribution in [2.75, 3.05) is 0 Å². The molecule has 3 aromatic carbocycles. The monoisotopic (exact) mass is 570 g/mol. The quantitative estimate of drug-likeness (QED) is 0.146. The number of halogens is 1. The lowest BCUT2D eigenvalue weighted by atomic mass is 10.0. The second-order valence-electron chi connectivity index (χ2n) is 9.34. The number of benzene rings is 3. The Morgan fingerprint density at radius 1 is 0.875 bits per heavy atom. The molecule has 202 valence electrons. The van der Waals surface area contributed by atoms with Gasteiger partial charge in [-0.25, -0.2) is 13.4 Å². The smallest absolute Gasteiger partial charge is 0.326 e. The summed E-state index contributed by atoms with van der Waals surface area (Å²) in [6.07, 6.45) is 1.96. The van der Waals surface area contributed by atoms with E-state index in [2.05, 4.69) is 4.98 Å². The minimum absolute atomic E-state index is 0.0160. The highest BCUT2D eigenvalue weighted by atomic mass is 35.5. The third-order valence-electron chi connectivity index (χ3n) is 6.72. The summed E-state index contributed by atoms with van der Waals surface area (Å²) in [5, 5.41) is 0.329. The normalized spacial score (nSPS) is 11.3.